The lowest BCUT2D eigenvalue weighted by Gasteiger charge is -2.04. The highest BCUT2D eigenvalue weighted by atomic mass is 79.9. The lowest BCUT2D eigenvalue weighted by atomic mass is 10.3. The molecule has 0 unspecified atom stereocenters. The molecule has 1 rings (SSSR count). The zero-order valence-electron chi connectivity index (χ0n) is 8.15. The van der Waals surface area contributed by atoms with Gasteiger partial charge in [0.1, 0.15) is 0 Å². The van der Waals surface area contributed by atoms with Crippen molar-refractivity contribution in [3.63, 3.8) is 0 Å². The monoisotopic (exact) mass is 265 g/mol. The van der Waals surface area contributed by atoms with E-state index in [1.54, 1.807) is 18.4 Å². The Bertz CT molecular complexity index is 397. The van der Waals surface area contributed by atoms with E-state index in [1.807, 2.05) is 24.3 Å². The quantitative estimate of drug-likeness (QED) is 0.502. The van der Waals surface area contributed by atoms with Gasteiger partial charge < -0.3 is 11.1 Å². The molecule has 0 aliphatic carbocycles. The molecular weight excluding hydrogens is 254 g/mol. The molecule has 78 valence electrons. The van der Waals surface area contributed by atoms with E-state index < -0.39 is 0 Å². The molecule has 0 fully saturated rings. The van der Waals surface area contributed by atoms with E-state index in [0.29, 0.717) is 5.96 Å². The molecule has 0 saturated heterocycles. The Morgan fingerprint density at radius 1 is 1.53 bits per heavy atom. The molecule has 3 nitrogen and oxygen atoms in total. The molecule has 1 aromatic carbocycles. The van der Waals surface area contributed by atoms with Gasteiger partial charge in [-0.25, -0.2) is 4.99 Å². The Kier molecular flexibility index (Phi) is 4.63. The van der Waals surface area contributed by atoms with Crippen molar-refractivity contribution in [2.45, 2.75) is 0 Å². The van der Waals surface area contributed by atoms with Crippen LogP contribution < -0.4 is 11.1 Å². The van der Waals surface area contributed by atoms with Crippen molar-refractivity contribution in [3.8, 4) is 0 Å². The number of nitrogens with two attached hydrogens (primary N) is 1. The molecule has 0 saturated carbocycles. The Morgan fingerprint density at radius 3 is 3.00 bits per heavy atom. The third kappa shape index (κ3) is 4.46. The Labute approximate surface area is 97.5 Å². The van der Waals surface area contributed by atoms with Crippen LogP contribution in [0, 0.1) is 0 Å². The molecule has 0 aliphatic heterocycles. The molecule has 0 atom stereocenters. The van der Waals surface area contributed by atoms with Crippen molar-refractivity contribution in [2.24, 2.45) is 10.7 Å². The number of guanidine groups is 1. The highest BCUT2D eigenvalue weighted by Gasteiger charge is 1.93. The summed E-state index contributed by atoms with van der Waals surface area (Å²) < 4.78 is 0.988. The number of rotatable bonds is 3. The van der Waals surface area contributed by atoms with E-state index >= 15 is 0 Å². The van der Waals surface area contributed by atoms with Crippen LogP contribution in [0.3, 0.4) is 0 Å². The van der Waals surface area contributed by atoms with Gasteiger partial charge in [0.15, 0.2) is 5.96 Å². The fourth-order valence-electron chi connectivity index (χ4n) is 0.931. The maximum atomic E-state index is 5.63. The highest BCUT2D eigenvalue weighted by molar-refractivity contribution is 9.10. The van der Waals surface area contributed by atoms with Crippen molar-refractivity contribution in [2.75, 3.05) is 5.32 Å². The maximum absolute atomic E-state index is 5.63. The predicted octanol–water partition coefficient (Wildman–Crippen LogP) is 2.88. The summed E-state index contributed by atoms with van der Waals surface area (Å²) in [6.45, 7) is 3.53. The first-order valence-electron chi connectivity index (χ1n) is 4.36. The van der Waals surface area contributed by atoms with Crippen molar-refractivity contribution in [1.29, 1.82) is 0 Å². The SMILES string of the molecule is C=C/C=C\N=C(N)Nc1cccc(Br)c1. The first-order valence-corrected chi connectivity index (χ1v) is 5.15. The summed E-state index contributed by atoms with van der Waals surface area (Å²) in [4.78, 5) is 3.96. The number of anilines is 1. The summed E-state index contributed by atoms with van der Waals surface area (Å²) in [6.07, 6.45) is 4.92. The smallest absolute Gasteiger partial charge is 0.197 e. The second-order valence-corrected chi connectivity index (χ2v) is 3.64. The number of aliphatic imine (C=N–C) groups is 1. The number of halogens is 1. The predicted molar refractivity (Wildman–Crippen MR) is 68.7 cm³/mol. The average molecular weight is 266 g/mol. The number of hydrogen-bond acceptors (Lipinski definition) is 1. The van der Waals surface area contributed by atoms with E-state index in [2.05, 4.69) is 32.8 Å². The largest absolute Gasteiger partial charge is 0.369 e. The standard InChI is InChI=1S/C11H12BrN3/c1-2-3-7-14-11(13)15-10-6-4-5-9(12)8-10/h2-8H,1H2,(H3,13,14,15)/b7-3-. The van der Waals surface area contributed by atoms with Crippen LogP contribution in [0.1, 0.15) is 0 Å². The summed E-state index contributed by atoms with van der Waals surface area (Å²) in [5.41, 5.74) is 6.52. The zero-order valence-corrected chi connectivity index (χ0v) is 9.74. The fourth-order valence-corrected chi connectivity index (χ4v) is 1.33. The van der Waals surface area contributed by atoms with Crippen LogP contribution in [-0.4, -0.2) is 5.96 Å². The normalized spacial score (nSPS) is 11.7. The molecule has 0 aliphatic rings. The van der Waals surface area contributed by atoms with Gasteiger partial charge in [-0.05, 0) is 24.3 Å². The first-order chi connectivity index (χ1) is 7.22. The molecule has 3 N–H and O–H groups in total. The molecular formula is C11H12BrN3. The van der Waals surface area contributed by atoms with Crippen LogP contribution in [-0.2, 0) is 0 Å². The highest BCUT2D eigenvalue weighted by Crippen LogP contribution is 2.15. The van der Waals surface area contributed by atoms with Gasteiger partial charge in [0.05, 0.1) is 0 Å². The molecule has 0 heterocycles. The van der Waals surface area contributed by atoms with Crippen molar-refractivity contribution in [3.05, 3.63) is 53.7 Å². The molecule has 4 heteroatoms. The van der Waals surface area contributed by atoms with Gasteiger partial charge in [0.25, 0.3) is 0 Å². The Balaban J connectivity index is 2.65. The van der Waals surface area contributed by atoms with Crippen molar-refractivity contribution < 1.29 is 0 Å². The number of hydrogen-bond donors (Lipinski definition) is 2. The molecule has 0 aromatic heterocycles. The van der Waals surface area contributed by atoms with Crippen molar-refractivity contribution >= 4 is 27.6 Å². The van der Waals surface area contributed by atoms with Crippen LogP contribution in [0.25, 0.3) is 0 Å². The minimum absolute atomic E-state index is 0.339. The first kappa shape index (κ1) is 11.5. The number of nitrogens with zero attached hydrogens (tertiary/aromatic N) is 1. The number of benzene rings is 1. The molecule has 0 bridgehead atoms. The number of allylic oxidation sites excluding steroid dienone is 2. The van der Waals surface area contributed by atoms with E-state index in [1.165, 1.54) is 0 Å². The van der Waals surface area contributed by atoms with E-state index in [4.69, 9.17) is 5.73 Å². The lowest BCUT2D eigenvalue weighted by molar-refractivity contribution is 1.45. The molecule has 0 amide bonds. The van der Waals surface area contributed by atoms with Gasteiger partial charge >= 0.3 is 0 Å². The minimum atomic E-state index is 0.339. The second kappa shape index (κ2) is 6.03. The molecule has 0 spiro atoms. The van der Waals surface area contributed by atoms with Crippen LogP contribution >= 0.6 is 15.9 Å². The van der Waals surface area contributed by atoms with E-state index in [9.17, 15) is 0 Å². The maximum Gasteiger partial charge on any atom is 0.197 e. The van der Waals surface area contributed by atoms with Crippen LogP contribution in [0.5, 0.6) is 0 Å². The Morgan fingerprint density at radius 2 is 2.33 bits per heavy atom. The summed E-state index contributed by atoms with van der Waals surface area (Å²) in [5.74, 6) is 0.339. The fraction of sp³-hybridized carbons (Fsp3) is 0. The summed E-state index contributed by atoms with van der Waals surface area (Å²) >= 11 is 3.37. The van der Waals surface area contributed by atoms with Gasteiger partial charge in [-0.1, -0.05) is 34.7 Å². The van der Waals surface area contributed by atoms with Gasteiger partial charge in [-0.2, -0.15) is 0 Å². The van der Waals surface area contributed by atoms with Gasteiger partial charge in [0.2, 0.25) is 0 Å². The summed E-state index contributed by atoms with van der Waals surface area (Å²) in [5, 5.41) is 2.95. The molecule has 0 radical (unpaired) electrons. The van der Waals surface area contributed by atoms with Crippen LogP contribution in [0.15, 0.2) is 58.7 Å². The van der Waals surface area contributed by atoms with Crippen LogP contribution in [0.4, 0.5) is 5.69 Å². The topological polar surface area (TPSA) is 50.4 Å². The average Bonchev–Trinajstić information content (AvgIpc) is 2.18. The Hall–Kier alpha value is -1.55. The third-order valence-corrected chi connectivity index (χ3v) is 2.03. The van der Waals surface area contributed by atoms with Gasteiger partial charge in [-0.15, -0.1) is 0 Å². The van der Waals surface area contributed by atoms with Gasteiger partial charge in [0, 0.05) is 16.4 Å². The lowest BCUT2D eigenvalue weighted by Crippen LogP contribution is -2.21. The molecule has 1 aromatic rings. The number of nitrogens with one attached hydrogen (secondary N) is 1. The third-order valence-electron chi connectivity index (χ3n) is 1.53. The van der Waals surface area contributed by atoms with E-state index in [0.717, 1.165) is 10.2 Å². The van der Waals surface area contributed by atoms with Crippen LogP contribution in [0.2, 0.25) is 0 Å². The minimum Gasteiger partial charge on any atom is -0.369 e. The van der Waals surface area contributed by atoms with E-state index in [-0.39, 0.29) is 0 Å². The molecule has 15 heavy (non-hydrogen) atoms. The second-order valence-electron chi connectivity index (χ2n) is 2.73. The summed E-state index contributed by atoms with van der Waals surface area (Å²) in [6, 6.07) is 7.68. The van der Waals surface area contributed by atoms with Gasteiger partial charge in [-0.3, -0.25) is 0 Å². The zero-order chi connectivity index (χ0) is 11.1. The summed E-state index contributed by atoms with van der Waals surface area (Å²) in [7, 11) is 0. The van der Waals surface area contributed by atoms with Crippen molar-refractivity contribution in [1.82, 2.24) is 0 Å².